The molecule has 3 nitrogen and oxygen atoms in total. The van der Waals surface area contributed by atoms with E-state index in [1.165, 1.54) is 16.9 Å². The van der Waals surface area contributed by atoms with Gasteiger partial charge in [0.2, 0.25) is 5.91 Å². The number of rotatable bonds is 4. The number of carbonyl (C=O) groups is 1. The average Bonchev–Trinajstić information content (AvgIpc) is 2.46. The highest BCUT2D eigenvalue weighted by Gasteiger charge is 2.22. The van der Waals surface area contributed by atoms with Crippen molar-refractivity contribution in [1.29, 1.82) is 0 Å². The maximum Gasteiger partial charge on any atom is 0.232 e. The summed E-state index contributed by atoms with van der Waals surface area (Å²) in [5, 5.41) is 3.27. The number of halogens is 1. The minimum absolute atomic E-state index is 0.247. The van der Waals surface area contributed by atoms with Crippen LogP contribution in [0.2, 0.25) is 0 Å². The van der Waals surface area contributed by atoms with Crippen LogP contribution in [-0.4, -0.2) is 42.7 Å². The maximum atomic E-state index is 12.3. The Hall–Kier alpha value is -0.520. The van der Waals surface area contributed by atoms with Crippen LogP contribution in [0, 0.1) is 6.92 Å². The molecule has 1 aliphatic heterocycles. The lowest BCUT2D eigenvalue weighted by atomic mass is 10.1. The predicted octanol–water partition coefficient (Wildman–Crippen LogP) is 3.06. The first-order valence-electron chi connectivity index (χ1n) is 6.94. The van der Waals surface area contributed by atoms with Gasteiger partial charge in [-0.15, -0.1) is 11.8 Å². The zero-order chi connectivity index (χ0) is 14.5. The first-order valence-corrected chi connectivity index (χ1v) is 8.72. The highest BCUT2D eigenvalue weighted by atomic mass is 79.9. The third kappa shape index (κ3) is 4.24. The molecule has 1 aromatic carbocycles. The number of benzene rings is 1. The summed E-state index contributed by atoms with van der Waals surface area (Å²) in [6.45, 7) is 3.82. The number of piperidine rings is 1. The van der Waals surface area contributed by atoms with Gasteiger partial charge in [-0.1, -0.05) is 15.9 Å². The molecule has 1 aromatic rings. The van der Waals surface area contributed by atoms with Crippen molar-refractivity contribution in [3.63, 3.8) is 0 Å². The lowest BCUT2D eigenvalue weighted by molar-refractivity contribution is -0.129. The molecule has 110 valence electrons. The lowest BCUT2D eigenvalue weighted by Gasteiger charge is -2.32. The number of likely N-dealkylation sites (N-methyl/N-ethyl adjacent to an activating group) is 1. The Morgan fingerprint density at radius 3 is 3.05 bits per heavy atom. The molecule has 1 aliphatic rings. The molecule has 1 atom stereocenters. The zero-order valence-corrected chi connectivity index (χ0v) is 14.4. The third-order valence-corrected chi connectivity index (χ3v) is 5.32. The number of aryl methyl sites for hydroxylation is 1. The standard InChI is InChI=1S/C15H21BrN2OS/c1-11-8-12(16)5-6-14(11)20-10-15(19)18-7-3-4-13(9-18)17-2/h5-6,8,13,17H,3-4,7,9-10H2,1-2H3. The van der Waals surface area contributed by atoms with E-state index in [2.05, 4.69) is 40.3 Å². The minimum Gasteiger partial charge on any atom is -0.340 e. The molecule has 0 aliphatic carbocycles. The van der Waals surface area contributed by atoms with Crippen molar-refractivity contribution in [3.8, 4) is 0 Å². The molecule has 0 radical (unpaired) electrons. The van der Waals surface area contributed by atoms with Gasteiger partial charge in [0.1, 0.15) is 0 Å². The van der Waals surface area contributed by atoms with Gasteiger partial charge in [-0.2, -0.15) is 0 Å². The van der Waals surface area contributed by atoms with E-state index in [1.807, 2.05) is 18.0 Å². The highest BCUT2D eigenvalue weighted by molar-refractivity contribution is 9.10. The SMILES string of the molecule is CNC1CCCN(C(=O)CSc2ccc(Br)cc2C)C1. The van der Waals surface area contributed by atoms with Crippen molar-refractivity contribution in [2.75, 3.05) is 25.9 Å². The van der Waals surface area contributed by atoms with Crippen molar-refractivity contribution in [2.24, 2.45) is 0 Å². The van der Waals surface area contributed by atoms with Crippen molar-refractivity contribution in [1.82, 2.24) is 10.2 Å². The van der Waals surface area contributed by atoms with E-state index in [9.17, 15) is 4.79 Å². The van der Waals surface area contributed by atoms with Crippen molar-refractivity contribution >= 4 is 33.6 Å². The van der Waals surface area contributed by atoms with Gasteiger partial charge in [-0.25, -0.2) is 0 Å². The van der Waals surface area contributed by atoms with E-state index in [4.69, 9.17) is 0 Å². The number of nitrogens with one attached hydrogen (secondary N) is 1. The minimum atomic E-state index is 0.247. The summed E-state index contributed by atoms with van der Waals surface area (Å²) in [6, 6.07) is 6.64. The fraction of sp³-hybridized carbons (Fsp3) is 0.533. The summed E-state index contributed by atoms with van der Waals surface area (Å²) in [5.41, 5.74) is 1.21. The van der Waals surface area contributed by atoms with Gasteiger partial charge in [0.25, 0.3) is 0 Å². The van der Waals surface area contributed by atoms with Crippen molar-refractivity contribution in [2.45, 2.75) is 30.7 Å². The Morgan fingerprint density at radius 2 is 2.35 bits per heavy atom. The molecule has 0 bridgehead atoms. The highest BCUT2D eigenvalue weighted by Crippen LogP contribution is 2.25. The predicted molar refractivity (Wildman–Crippen MR) is 88.3 cm³/mol. The van der Waals surface area contributed by atoms with Crippen LogP contribution in [-0.2, 0) is 4.79 Å². The molecule has 1 amide bonds. The molecule has 1 saturated heterocycles. The number of hydrogen-bond donors (Lipinski definition) is 1. The molecule has 2 rings (SSSR count). The monoisotopic (exact) mass is 356 g/mol. The van der Waals surface area contributed by atoms with Crippen LogP contribution in [0.25, 0.3) is 0 Å². The second-order valence-electron chi connectivity index (χ2n) is 5.17. The first kappa shape index (κ1) is 15.9. The molecule has 5 heteroatoms. The Bertz CT molecular complexity index is 481. The molecule has 0 spiro atoms. The summed E-state index contributed by atoms with van der Waals surface area (Å²) in [6.07, 6.45) is 2.26. The van der Waals surface area contributed by atoms with Gasteiger partial charge in [-0.05, 0) is 50.6 Å². The zero-order valence-electron chi connectivity index (χ0n) is 12.0. The molecule has 1 N–H and O–H groups in total. The number of likely N-dealkylation sites (tertiary alicyclic amines) is 1. The number of amides is 1. The molecule has 1 unspecified atom stereocenters. The molecular formula is C15H21BrN2OS. The topological polar surface area (TPSA) is 32.3 Å². The molecule has 20 heavy (non-hydrogen) atoms. The molecule has 0 aromatic heterocycles. The number of hydrogen-bond acceptors (Lipinski definition) is 3. The van der Waals surface area contributed by atoms with Crippen LogP contribution in [0.5, 0.6) is 0 Å². The fourth-order valence-corrected chi connectivity index (χ4v) is 3.83. The van der Waals surface area contributed by atoms with Crippen molar-refractivity contribution < 1.29 is 4.79 Å². The number of nitrogens with zero attached hydrogens (tertiary/aromatic N) is 1. The largest absolute Gasteiger partial charge is 0.340 e. The Labute approximate surface area is 133 Å². The summed E-state index contributed by atoms with van der Waals surface area (Å²) in [5.74, 6) is 0.774. The van der Waals surface area contributed by atoms with E-state index in [1.54, 1.807) is 11.8 Å². The molecule has 1 heterocycles. The van der Waals surface area contributed by atoms with E-state index in [0.717, 1.165) is 24.0 Å². The van der Waals surface area contributed by atoms with E-state index < -0.39 is 0 Å². The lowest BCUT2D eigenvalue weighted by Crippen LogP contribution is -2.47. The number of thioether (sulfide) groups is 1. The number of carbonyl (C=O) groups excluding carboxylic acids is 1. The average molecular weight is 357 g/mol. The fourth-order valence-electron chi connectivity index (χ4n) is 2.44. The van der Waals surface area contributed by atoms with E-state index >= 15 is 0 Å². The Balaban J connectivity index is 1.88. The molecule has 0 saturated carbocycles. The van der Waals surface area contributed by atoms with Gasteiger partial charge in [0.15, 0.2) is 0 Å². The second kappa shape index (κ2) is 7.48. The van der Waals surface area contributed by atoms with Crippen LogP contribution < -0.4 is 5.32 Å². The van der Waals surface area contributed by atoms with E-state index in [-0.39, 0.29) is 5.91 Å². The third-order valence-electron chi connectivity index (χ3n) is 3.67. The summed E-state index contributed by atoms with van der Waals surface area (Å²) in [4.78, 5) is 15.5. The van der Waals surface area contributed by atoms with Gasteiger partial charge in [-0.3, -0.25) is 4.79 Å². The molecule has 1 fully saturated rings. The van der Waals surface area contributed by atoms with Crippen molar-refractivity contribution in [3.05, 3.63) is 28.2 Å². The van der Waals surface area contributed by atoms with Crippen LogP contribution in [0.1, 0.15) is 18.4 Å². The Morgan fingerprint density at radius 1 is 1.55 bits per heavy atom. The van der Waals surface area contributed by atoms with Crippen LogP contribution in [0.15, 0.2) is 27.6 Å². The van der Waals surface area contributed by atoms with Gasteiger partial charge in [0, 0.05) is 28.5 Å². The summed E-state index contributed by atoms with van der Waals surface area (Å²) in [7, 11) is 1.97. The van der Waals surface area contributed by atoms with E-state index in [0.29, 0.717) is 11.8 Å². The maximum absolute atomic E-state index is 12.3. The van der Waals surface area contributed by atoms with Gasteiger partial charge in [0.05, 0.1) is 5.75 Å². The summed E-state index contributed by atoms with van der Waals surface area (Å²) < 4.78 is 1.08. The smallest absolute Gasteiger partial charge is 0.232 e. The normalized spacial score (nSPS) is 19.1. The van der Waals surface area contributed by atoms with Crippen LogP contribution in [0.4, 0.5) is 0 Å². The first-order chi connectivity index (χ1) is 9.60. The van der Waals surface area contributed by atoms with Crippen LogP contribution in [0.3, 0.4) is 0 Å². The quantitative estimate of drug-likeness (QED) is 0.841. The Kier molecular flexibility index (Phi) is 5.93. The summed E-state index contributed by atoms with van der Waals surface area (Å²) >= 11 is 5.10. The second-order valence-corrected chi connectivity index (χ2v) is 7.10. The molecular weight excluding hydrogens is 336 g/mol. The van der Waals surface area contributed by atoms with Gasteiger partial charge < -0.3 is 10.2 Å². The van der Waals surface area contributed by atoms with Gasteiger partial charge >= 0.3 is 0 Å². The van der Waals surface area contributed by atoms with Crippen LogP contribution >= 0.6 is 27.7 Å².